The first-order chi connectivity index (χ1) is 18.7. The Morgan fingerprint density at radius 1 is 1.05 bits per heavy atom. The van der Waals surface area contributed by atoms with Gasteiger partial charge in [-0.2, -0.15) is 5.10 Å². The molecule has 3 aromatic heterocycles. The predicted octanol–water partition coefficient (Wildman–Crippen LogP) is 3.44. The Kier molecular flexibility index (Phi) is 7.41. The Bertz CT molecular complexity index is 1640. The van der Waals surface area contributed by atoms with Gasteiger partial charge in [-0.1, -0.05) is 12.1 Å². The number of anilines is 1. The van der Waals surface area contributed by atoms with E-state index in [1.807, 2.05) is 19.2 Å². The second-order valence-corrected chi connectivity index (χ2v) is 12.1. The maximum atomic E-state index is 12.5. The number of sulfonamides is 1. The average molecular weight is 552 g/mol. The van der Waals surface area contributed by atoms with Gasteiger partial charge in [-0.05, 0) is 44.7 Å². The van der Waals surface area contributed by atoms with Gasteiger partial charge in [-0.25, -0.2) is 22.4 Å². The van der Waals surface area contributed by atoms with Crippen molar-refractivity contribution in [1.82, 2.24) is 28.9 Å². The zero-order valence-electron chi connectivity index (χ0n) is 22.5. The van der Waals surface area contributed by atoms with Crippen molar-refractivity contribution in [2.45, 2.75) is 49.6 Å². The summed E-state index contributed by atoms with van der Waals surface area (Å²) in [5.41, 5.74) is 2.40. The van der Waals surface area contributed by atoms with Crippen LogP contribution in [0.1, 0.15) is 38.6 Å². The lowest BCUT2D eigenvalue weighted by Crippen LogP contribution is -2.27. The number of pyridine rings is 1. The van der Waals surface area contributed by atoms with Crippen LogP contribution >= 0.6 is 0 Å². The second kappa shape index (κ2) is 10.8. The number of ether oxygens (including phenoxy) is 1. The van der Waals surface area contributed by atoms with Crippen LogP contribution in [-0.4, -0.2) is 64.0 Å². The van der Waals surface area contributed by atoms with E-state index in [9.17, 15) is 13.2 Å². The fraction of sp³-hybridized carbons (Fsp3) is 0.407. The van der Waals surface area contributed by atoms with Gasteiger partial charge >= 0.3 is 0 Å². The van der Waals surface area contributed by atoms with Crippen molar-refractivity contribution in [3.63, 3.8) is 0 Å². The van der Waals surface area contributed by atoms with E-state index in [0.717, 1.165) is 60.2 Å². The minimum atomic E-state index is -3.52. The zero-order valence-corrected chi connectivity index (χ0v) is 23.4. The molecule has 1 saturated carbocycles. The van der Waals surface area contributed by atoms with E-state index in [1.165, 1.54) is 29.1 Å². The Labute approximate surface area is 227 Å². The molecule has 11 nitrogen and oxygen atoms in total. The van der Waals surface area contributed by atoms with Crippen molar-refractivity contribution in [3.8, 4) is 17.1 Å². The van der Waals surface area contributed by atoms with Crippen LogP contribution in [0.2, 0.25) is 0 Å². The van der Waals surface area contributed by atoms with Gasteiger partial charge in [0.25, 0.3) is 5.56 Å². The third-order valence-electron chi connectivity index (χ3n) is 7.07. The highest BCUT2D eigenvalue weighted by molar-refractivity contribution is 7.89. The van der Waals surface area contributed by atoms with Gasteiger partial charge in [0.15, 0.2) is 0 Å². The molecule has 3 heterocycles. The quantitative estimate of drug-likeness (QED) is 0.353. The number of nitrogens with zero attached hydrogens (tertiary/aromatic N) is 6. The summed E-state index contributed by atoms with van der Waals surface area (Å²) in [4.78, 5) is 16.4. The minimum Gasteiger partial charge on any atom is -0.473 e. The molecule has 0 bridgehead atoms. The molecule has 39 heavy (non-hydrogen) atoms. The number of hydrogen-bond donors (Lipinski definition) is 1. The predicted molar refractivity (Wildman–Crippen MR) is 149 cm³/mol. The second-order valence-electron chi connectivity index (χ2n) is 9.90. The van der Waals surface area contributed by atoms with Crippen molar-refractivity contribution in [1.29, 1.82) is 0 Å². The van der Waals surface area contributed by atoms with Gasteiger partial charge < -0.3 is 10.1 Å². The van der Waals surface area contributed by atoms with E-state index in [1.54, 1.807) is 37.4 Å². The van der Waals surface area contributed by atoms with Crippen LogP contribution in [0.15, 0.2) is 58.4 Å². The van der Waals surface area contributed by atoms with Crippen LogP contribution < -0.4 is 15.6 Å². The van der Waals surface area contributed by atoms with Crippen molar-refractivity contribution >= 4 is 26.7 Å². The molecule has 0 spiro atoms. The van der Waals surface area contributed by atoms with Crippen molar-refractivity contribution in [3.05, 3.63) is 59.0 Å². The topological polar surface area (TPSA) is 124 Å². The third-order valence-corrected chi connectivity index (χ3v) is 8.90. The van der Waals surface area contributed by atoms with Crippen LogP contribution in [0.25, 0.3) is 22.2 Å². The summed E-state index contributed by atoms with van der Waals surface area (Å²) < 4.78 is 35.7. The number of hydrogen-bond acceptors (Lipinski definition) is 8. The number of nitrogens with one attached hydrogen (secondary N) is 1. The van der Waals surface area contributed by atoms with Crippen LogP contribution in [-0.2, 0) is 17.1 Å². The first-order valence-corrected chi connectivity index (χ1v) is 14.5. The van der Waals surface area contributed by atoms with Crippen LogP contribution in [0.3, 0.4) is 0 Å². The van der Waals surface area contributed by atoms with Crippen molar-refractivity contribution in [2.24, 2.45) is 7.05 Å². The summed E-state index contributed by atoms with van der Waals surface area (Å²) in [6.45, 7) is 2.78. The van der Waals surface area contributed by atoms with E-state index in [2.05, 4.69) is 20.1 Å². The van der Waals surface area contributed by atoms with Gasteiger partial charge in [0.05, 0.1) is 16.5 Å². The standard InChI is InChI=1S/C27H33N7O4S/c1-5-28-24-16-23-22(17-29-24)27(18-6-12-21(13-7-18)39(36,37)32(2)3)31-34(23)19-8-10-20(11-9-19)38-25-14-15-26(35)33(4)30-25/h6-7,12-17,19-20H,5,8-11H2,1-4H3,(H,28,29). The summed E-state index contributed by atoms with van der Waals surface area (Å²) >= 11 is 0. The number of aryl methyl sites for hydroxylation is 1. The molecule has 1 aliphatic carbocycles. The first-order valence-electron chi connectivity index (χ1n) is 13.0. The lowest BCUT2D eigenvalue weighted by molar-refractivity contribution is 0.123. The SMILES string of the molecule is CCNc1cc2c(cn1)c(-c1ccc(S(=O)(=O)N(C)C)cc1)nn2C1CCC(Oc2ccc(=O)n(C)n2)CC1. The van der Waals surface area contributed by atoms with Gasteiger partial charge in [0, 0.05) is 63.0 Å². The molecule has 5 rings (SSSR count). The molecular formula is C27H33N7O4S. The molecule has 0 aliphatic heterocycles. The smallest absolute Gasteiger partial charge is 0.266 e. The maximum Gasteiger partial charge on any atom is 0.266 e. The van der Waals surface area contributed by atoms with Crippen molar-refractivity contribution in [2.75, 3.05) is 26.0 Å². The largest absolute Gasteiger partial charge is 0.473 e. The molecule has 0 unspecified atom stereocenters. The van der Waals surface area contributed by atoms with Gasteiger partial charge in [-0.15, -0.1) is 5.10 Å². The van der Waals surface area contributed by atoms with Crippen LogP contribution in [0.4, 0.5) is 5.82 Å². The van der Waals surface area contributed by atoms with Crippen LogP contribution in [0.5, 0.6) is 5.88 Å². The summed E-state index contributed by atoms with van der Waals surface area (Å²) in [6, 6.07) is 12.1. The average Bonchev–Trinajstić information content (AvgIpc) is 3.30. The summed E-state index contributed by atoms with van der Waals surface area (Å²) in [5, 5.41) is 13.4. The maximum absolute atomic E-state index is 12.5. The number of fused-ring (bicyclic) bond motifs is 1. The molecule has 1 aliphatic rings. The van der Waals surface area contributed by atoms with E-state index >= 15 is 0 Å². The summed E-state index contributed by atoms with van der Waals surface area (Å²) in [7, 11) is 1.12. The third kappa shape index (κ3) is 5.39. The molecule has 0 radical (unpaired) electrons. The molecule has 0 amide bonds. The Morgan fingerprint density at radius 2 is 1.77 bits per heavy atom. The highest BCUT2D eigenvalue weighted by atomic mass is 32.2. The Morgan fingerprint density at radius 3 is 2.41 bits per heavy atom. The fourth-order valence-electron chi connectivity index (χ4n) is 4.92. The Balaban J connectivity index is 1.43. The lowest BCUT2D eigenvalue weighted by atomic mass is 9.93. The monoisotopic (exact) mass is 551 g/mol. The molecule has 4 aromatic rings. The molecule has 12 heteroatoms. The number of benzene rings is 1. The first kappa shape index (κ1) is 26.8. The fourth-order valence-corrected chi connectivity index (χ4v) is 5.82. The van der Waals surface area contributed by atoms with Crippen LogP contribution in [0, 0.1) is 0 Å². The van der Waals surface area contributed by atoms with E-state index < -0.39 is 10.0 Å². The molecule has 0 saturated heterocycles. The van der Waals surface area contributed by atoms with Gasteiger partial charge in [0.2, 0.25) is 15.9 Å². The normalized spacial score (nSPS) is 18.0. The molecule has 1 fully saturated rings. The Hall–Kier alpha value is -3.77. The van der Waals surface area contributed by atoms with Crippen molar-refractivity contribution < 1.29 is 13.2 Å². The number of aromatic nitrogens is 5. The minimum absolute atomic E-state index is 0.0118. The highest BCUT2D eigenvalue weighted by Crippen LogP contribution is 2.36. The van der Waals surface area contributed by atoms with E-state index in [-0.39, 0.29) is 22.6 Å². The van der Waals surface area contributed by atoms with E-state index in [4.69, 9.17) is 9.84 Å². The zero-order chi connectivity index (χ0) is 27.7. The number of rotatable bonds is 8. The summed E-state index contributed by atoms with van der Waals surface area (Å²) in [5.74, 6) is 1.23. The molecule has 1 N–H and O–H groups in total. The molecule has 0 atom stereocenters. The van der Waals surface area contributed by atoms with Gasteiger partial charge in [-0.3, -0.25) is 9.48 Å². The highest BCUT2D eigenvalue weighted by Gasteiger charge is 2.27. The summed E-state index contributed by atoms with van der Waals surface area (Å²) in [6.07, 6.45) is 5.23. The van der Waals surface area contributed by atoms with E-state index in [0.29, 0.717) is 5.88 Å². The molecule has 1 aromatic carbocycles. The molecular weight excluding hydrogens is 518 g/mol. The molecule has 206 valence electrons. The lowest BCUT2D eigenvalue weighted by Gasteiger charge is -2.29. The van der Waals surface area contributed by atoms with Gasteiger partial charge in [0.1, 0.15) is 17.6 Å².